The van der Waals surface area contributed by atoms with Crippen LogP contribution in [0.4, 0.5) is 53.5 Å². The van der Waals surface area contributed by atoms with E-state index in [1.807, 2.05) is 0 Å². The summed E-state index contributed by atoms with van der Waals surface area (Å²) < 4.78 is 0. The Kier molecular flexibility index (Phi) is 36.1. The van der Waals surface area contributed by atoms with Crippen LogP contribution in [-0.4, -0.2) is 334 Å². The van der Waals surface area contributed by atoms with Gasteiger partial charge in [0, 0.05) is 162 Å². The molecular formula is C106H201N27. The Labute approximate surface area is 813 Å². The summed E-state index contributed by atoms with van der Waals surface area (Å²) in [7, 11) is 14.2. The largest absolute Gasteiger partial charge is 0.354 e. The van der Waals surface area contributed by atoms with E-state index in [0.29, 0.717) is 36.5 Å². The number of unbranched alkanes of at least 4 members (excludes halogenated alkanes) is 6. The van der Waals surface area contributed by atoms with E-state index >= 15 is 0 Å². The number of nitrogens with zero attached hydrogens (tertiary/aromatic N) is 23. The first kappa shape index (κ1) is 108. The number of rotatable bonds is 48. The van der Waals surface area contributed by atoms with Gasteiger partial charge >= 0.3 is 0 Å². The van der Waals surface area contributed by atoms with E-state index in [0.717, 1.165) is 320 Å². The molecule has 27 nitrogen and oxygen atoms in total. The lowest BCUT2D eigenvalue weighted by atomic mass is 9.52. The Hall–Kier alpha value is -5.13. The third kappa shape index (κ3) is 25.6. The fraction of sp³-hybridized carbons (Fsp3) is 0.915. The van der Waals surface area contributed by atoms with Crippen LogP contribution in [0.1, 0.15) is 379 Å². The Balaban J connectivity index is 0.892. The zero-order valence-corrected chi connectivity index (χ0v) is 91.6. The van der Waals surface area contributed by atoms with E-state index in [1.54, 1.807) is 0 Å². The van der Waals surface area contributed by atoms with Crippen LogP contribution in [-0.2, 0) is 0 Å². The molecule has 133 heavy (non-hydrogen) atoms. The second kappa shape index (κ2) is 44.4. The van der Waals surface area contributed by atoms with Crippen LogP contribution >= 0.6 is 0 Å². The molecule has 2 unspecified atom stereocenters. The molecule has 8 aliphatic heterocycles. The number of likely N-dealkylation sites (tertiary alicyclic amines) is 6. The molecule has 0 radical (unpaired) electrons. The minimum Gasteiger partial charge on any atom is -0.354 e. The molecule has 1 saturated carbocycles. The number of hydrogen-bond acceptors (Lipinski definition) is 27. The van der Waals surface area contributed by atoms with Crippen molar-refractivity contribution in [2.75, 3.05) is 192 Å². The van der Waals surface area contributed by atoms with Crippen LogP contribution in [0, 0.1) is 0 Å². The van der Waals surface area contributed by atoms with Crippen LogP contribution in [0.25, 0.3) is 0 Å². The minimum absolute atomic E-state index is 0.00371. The first-order chi connectivity index (χ1) is 62.4. The lowest BCUT2D eigenvalue weighted by Gasteiger charge is -2.73. The van der Waals surface area contributed by atoms with Gasteiger partial charge in [0.1, 0.15) is 0 Å². The second-order valence-corrected chi connectivity index (χ2v) is 49.7. The van der Waals surface area contributed by atoms with Gasteiger partial charge in [-0.2, -0.15) is 44.9 Å². The molecule has 27 heteroatoms. The zero-order chi connectivity index (χ0) is 97.5. The van der Waals surface area contributed by atoms with Gasteiger partial charge in [-0.1, -0.05) is 80.1 Å². The smallest absolute Gasteiger partial charge is 0.232 e. The molecule has 6 saturated heterocycles. The quantitative estimate of drug-likeness (QED) is 0.0386. The summed E-state index contributed by atoms with van der Waals surface area (Å²) >= 11 is 0. The van der Waals surface area contributed by atoms with Gasteiger partial charge in [-0.05, 0) is 387 Å². The molecule has 2 atom stereocenters. The molecule has 9 aliphatic rings. The maximum absolute atomic E-state index is 6.48. The van der Waals surface area contributed by atoms with Crippen LogP contribution in [0.3, 0.4) is 0 Å². The standard InChI is InChI=1S/C106H201N27/c1-33-39-60-128(80-66-95(7,8)120(27)96(9,10)67-80)89-111-86(112-90(117-89)129(61-40-34-2)81-68-97(11,12)121(28)98(13,14)69-81)108-51-46-55-126(54-45-50-107)58-49-59-127(56-47-52-109-87-113-91(130(62-41-35-3)82-70-99(15,16)122(29)100(17,18)71-82)118-92(114-87)131(63-42-36-4)83-72-101(19,20)123(30)102(21,22)73-83)57-48-53-110-88-115-93-119-94(116-88)133(65-44-38-6)85-75-104(25,26)125(32)106(77-85)78-105(79-106)76-84(132(93)64-43-37-5)74-103(23,24)124(105)31/h80-85H,33-79,107H2,1-32H3,(H,108,111,112,117)(H,109,113,114,118)(H,110,115,116,119). The maximum Gasteiger partial charge on any atom is 0.232 e. The molecule has 12 rings (SSSR count). The summed E-state index contributed by atoms with van der Waals surface area (Å²) in [5.74, 6) is 7.07. The molecule has 7 fully saturated rings. The maximum atomic E-state index is 6.48. The van der Waals surface area contributed by atoms with Crippen molar-refractivity contribution in [1.29, 1.82) is 0 Å². The molecular weight excluding hydrogens is 1650 g/mol. The lowest BCUT2D eigenvalue weighted by Crippen LogP contribution is -2.80. The van der Waals surface area contributed by atoms with Crippen molar-refractivity contribution in [3.05, 3.63) is 0 Å². The Morgan fingerprint density at radius 3 is 0.767 bits per heavy atom. The number of aromatic nitrogens is 9. The predicted molar refractivity (Wildman–Crippen MR) is 564 cm³/mol. The number of nitrogens with two attached hydrogens (primary N) is 1. The van der Waals surface area contributed by atoms with Crippen LogP contribution < -0.4 is 51.1 Å². The zero-order valence-electron chi connectivity index (χ0n) is 91.6. The van der Waals surface area contributed by atoms with Gasteiger partial charge in [0.25, 0.3) is 0 Å². The highest BCUT2D eigenvalue weighted by Gasteiger charge is 2.67. The van der Waals surface area contributed by atoms with Crippen molar-refractivity contribution in [1.82, 2.24) is 84.1 Å². The van der Waals surface area contributed by atoms with Crippen molar-refractivity contribution in [2.24, 2.45) is 5.73 Å². The highest BCUT2D eigenvalue weighted by molar-refractivity contribution is 5.52. The Morgan fingerprint density at radius 2 is 0.511 bits per heavy atom. The average Bonchev–Trinajstić information content (AvgIpc) is 0.682. The van der Waals surface area contributed by atoms with Gasteiger partial charge in [-0.3, -0.25) is 29.4 Å². The first-order valence-corrected chi connectivity index (χ1v) is 54.1. The van der Waals surface area contributed by atoms with Gasteiger partial charge in [-0.15, -0.1) is 0 Å². The monoisotopic (exact) mass is 1850 g/mol. The first-order valence-electron chi connectivity index (χ1n) is 54.1. The lowest BCUT2D eigenvalue weighted by molar-refractivity contribution is -0.189. The topological polar surface area (TPSA) is 223 Å². The number of anilines is 9. The summed E-state index contributed by atoms with van der Waals surface area (Å²) in [5, 5.41) is 11.8. The number of hydrogen-bond donors (Lipinski definition) is 4. The van der Waals surface area contributed by atoms with E-state index in [4.69, 9.17) is 50.6 Å². The van der Waals surface area contributed by atoms with E-state index in [-0.39, 0.29) is 90.6 Å². The molecule has 11 heterocycles. The van der Waals surface area contributed by atoms with Crippen molar-refractivity contribution in [3.8, 4) is 0 Å². The highest BCUT2D eigenvalue weighted by atomic mass is 15.5. The SMILES string of the molecule is CCCCN(c1nc(NCCCN(CCCN)CCCN(CCCNc2nc(N(CCCC)C3CC(C)(C)N(C)C(C)(C)C3)nc(N(CCCC)C3CC(C)(C)N(C)C(C)(C)C3)n2)CCCNc2nc3nc(n2)N(CCCC)C2CC(C)(C)N(C)C4(C2)CC2(CC(CC(C)(C)N2C)N3CCCC)C4)nc(N(CCCC)C2CC(C)(C)N(C)C(C)(C)C2)n1)C1CC(C)(C)N(C)C(C)(C)C1. The van der Waals surface area contributed by atoms with E-state index in [1.165, 1.54) is 12.8 Å². The van der Waals surface area contributed by atoms with E-state index in [2.05, 4.69) is 307 Å². The molecule has 3 aromatic heterocycles. The van der Waals surface area contributed by atoms with Crippen molar-refractivity contribution in [2.45, 2.75) is 482 Å². The molecule has 760 valence electrons. The van der Waals surface area contributed by atoms with Gasteiger partial charge in [-0.25, -0.2) is 0 Å². The van der Waals surface area contributed by atoms with Crippen LogP contribution in [0.5, 0.6) is 0 Å². The third-order valence-corrected chi connectivity index (χ3v) is 35.4. The van der Waals surface area contributed by atoms with Gasteiger partial charge in [0.2, 0.25) is 53.5 Å². The summed E-state index contributed by atoms with van der Waals surface area (Å²) in [6, 6.07) is 1.69. The third-order valence-electron chi connectivity index (χ3n) is 35.4. The number of nitrogens with one attached hydrogen (secondary N) is 3. The van der Waals surface area contributed by atoms with Crippen LogP contribution in [0.2, 0.25) is 0 Å². The summed E-state index contributed by atoms with van der Waals surface area (Å²) in [5.41, 5.74) is 6.64. The van der Waals surface area contributed by atoms with Crippen molar-refractivity contribution < 1.29 is 0 Å². The molecule has 3 aromatic rings. The molecule has 6 bridgehead atoms. The fourth-order valence-electron chi connectivity index (χ4n) is 26.3. The van der Waals surface area contributed by atoms with E-state index < -0.39 is 0 Å². The fourth-order valence-corrected chi connectivity index (χ4v) is 26.3. The summed E-state index contributed by atoms with van der Waals surface area (Å²) in [4.78, 5) is 87.9. The van der Waals surface area contributed by atoms with Gasteiger partial charge < -0.3 is 60.9 Å². The van der Waals surface area contributed by atoms with Crippen molar-refractivity contribution >= 4 is 53.5 Å². The van der Waals surface area contributed by atoms with Crippen LogP contribution in [0.15, 0.2) is 0 Å². The van der Waals surface area contributed by atoms with Crippen molar-refractivity contribution in [3.63, 3.8) is 0 Å². The summed E-state index contributed by atoms with van der Waals surface area (Å²) in [6.07, 6.45) is 32.8. The average molecular weight is 1850 g/mol. The normalized spacial score (nSPS) is 25.5. The van der Waals surface area contributed by atoms with Gasteiger partial charge in [0.15, 0.2) is 0 Å². The number of piperidine rings is 6. The molecule has 0 aromatic carbocycles. The summed E-state index contributed by atoms with van der Waals surface area (Å²) in [6.45, 7) is 76.8. The predicted octanol–water partition coefficient (Wildman–Crippen LogP) is 18.7. The molecule has 1 aliphatic carbocycles. The molecule has 2 spiro atoms. The Morgan fingerprint density at radius 1 is 0.271 bits per heavy atom. The Bertz CT molecular complexity index is 3810. The second-order valence-electron chi connectivity index (χ2n) is 49.7. The highest BCUT2D eigenvalue weighted by Crippen LogP contribution is 2.62. The van der Waals surface area contributed by atoms with Gasteiger partial charge in [0.05, 0.1) is 0 Å². The molecule has 5 N–H and O–H groups in total. The van der Waals surface area contributed by atoms with E-state index in [9.17, 15) is 0 Å². The molecule has 0 amide bonds. The minimum atomic E-state index is -0.0141.